The molecule has 2 aromatic rings. The Kier molecular flexibility index (Phi) is 5.98. The molecule has 0 saturated carbocycles. The van der Waals surface area contributed by atoms with Gasteiger partial charge in [-0.3, -0.25) is 9.59 Å². The zero-order valence-electron chi connectivity index (χ0n) is 16.2. The van der Waals surface area contributed by atoms with E-state index in [-0.39, 0.29) is 0 Å². The number of aliphatic hydroxyl groups is 1. The highest BCUT2D eigenvalue weighted by molar-refractivity contribution is 8.03. The minimum absolute atomic E-state index is 0.290. The lowest BCUT2D eigenvalue weighted by Gasteiger charge is -2.51. The number of amides is 2. The average molecular weight is 463 g/mol. The van der Waals surface area contributed by atoms with Crippen molar-refractivity contribution < 1.29 is 24.6 Å². The lowest BCUT2D eigenvalue weighted by atomic mass is 9.98. The zero-order valence-corrected chi connectivity index (χ0v) is 17.8. The Morgan fingerprint density at radius 1 is 1.32 bits per heavy atom. The normalized spacial score (nSPS) is 23.4. The summed E-state index contributed by atoms with van der Waals surface area (Å²) in [5.41, 5.74) is 0.935. The molecule has 1 unspecified atom stereocenters. The number of rotatable bonds is 7. The minimum Gasteiger partial charge on any atom is -0.479 e. The van der Waals surface area contributed by atoms with E-state index >= 15 is 0 Å². The number of aliphatic carboxylic acids is 1. The van der Waals surface area contributed by atoms with Crippen molar-refractivity contribution >= 4 is 41.3 Å². The molecular formula is C18H18N6O5S2. The van der Waals surface area contributed by atoms with Crippen LogP contribution in [0.5, 0.6) is 0 Å². The number of carboxylic acid groups (broad SMARTS) is 1. The van der Waals surface area contributed by atoms with Gasteiger partial charge in [-0.05, 0) is 27.0 Å². The topological polar surface area (TPSA) is 151 Å². The van der Waals surface area contributed by atoms with E-state index in [1.807, 2.05) is 0 Å². The molecule has 2 aliphatic heterocycles. The first-order chi connectivity index (χ1) is 14.9. The number of nitrogens with zero attached hydrogens (tertiary/aromatic N) is 5. The van der Waals surface area contributed by atoms with Crippen LogP contribution in [0, 0.1) is 0 Å². The van der Waals surface area contributed by atoms with Crippen LogP contribution in [0.25, 0.3) is 0 Å². The lowest BCUT2D eigenvalue weighted by molar-refractivity contribution is -0.160. The molecule has 3 N–H and O–H groups in total. The van der Waals surface area contributed by atoms with Gasteiger partial charge in [0.15, 0.2) is 12.1 Å². The molecule has 0 radical (unpaired) electrons. The van der Waals surface area contributed by atoms with Gasteiger partial charge in [-0.1, -0.05) is 42.1 Å². The number of carbonyl (C=O) groups is 3. The Morgan fingerprint density at radius 3 is 2.71 bits per heavy atom. The molecule has 2 aliphatic rings. The third kappa shape index (κ3) is 4.03. The highest BCUT2D eigenvalue weighted by atomic mass is 32.2. The highest BCUT2D eigenvalue weighted by Crippen LogP contribution is 2.41. The summed E-state index contributed by atoms with van der Waals surface area (Å²) >= 11 is 2.52. The molecule has 3 heterocycles. The van der Waals surface area contributed by atoms with E-state index in [1.54, 1.807) is 42.8 Å². The molecule has 1 aromatic heterocycles. The van der Waals surface area contributed by atoms with Crippen LogP contribution in [-0.2, 0) is 21.4 Å². The van der Waals surface area contributed by atoms with E-state index in [0.29, 0.717) is 22.0 Å². The monoisotopic (exact) mass is 462 g/mol. The van der Waals surface area contributed by atoms with Crippen LogP contribution in [0.3, 0.4) is 0 Å². The van der Waals surface area contributed by atoms with Gasteiger partial charge >= 0.3 is 5.97 Å². The molecular weight excluding hydrogens is 444 g/mol. The minimum atomic E-state index is -1.42. The predicted octanol–water partition coefficient (Wildman–Crippen LogP) is -0.227. The summed E-state index contributed by atoms with van der Waals surface area (Å²) in [6, 6.07) is 6.30. The maximum absolute atomic E-state index is 12.7. The standard InChI is InChI=1S/C18H18N6O5S2/c1-23-18(20-21-22-23)31-8-10-7-30-16-11(15(27)24(16)12(10)17(28)29)19-14(26)13(25)9-5-3-2-4-6-9/h2-7,11-13,16,25H,8H2,1H3,(H,19,26)(H,28,29)/t11-,12?,13-,16-/m1/s1. The molecule has 31 heavy (non-hydrogen) atoms. The van der Waals surface area contributed by atoms with Gasteiger partial charge in [0.2, 0.25) is 11.1 Å². The first-order valence-electron chi connectivity index (χ1n) is 9.16. The van der Waals surface area contributed by atoms with Crippen LogP contribution < -0.4 is 5.32 Å². The molecule has 4 atom stereocenters. The number of aliphatic hydroxyl groups excluding tert-OH is 1. The predicted molar refractivity (Wildman–Crippen MR) is 111 cm³/mol. The Bertz CT molecular complexity index is 1050. The van der Waals surface area contributed by atoms with Crippen LogP contribution >= 0.6 is 23.5 Å². The molecule has 11 nitrogen and oxygen atoms in total. The van der Waals surface area contributed by atoms with Crippen LogP contribution in [0.4, 0.5) is 0 Å². The molecule has 4 rings (SSSR count). The number of β-lactam (4-membered cyclic amide) rings is 1. The van der Waals surface area contributed by atoms with Crippen molar-refractivity contribution in [1.82, 2.24) is 30.4 Å². The number of aromatic nitrogens is 4. The summed E-state index contributed by atoms with van der Waals surface area (Å²) < 4.78 is 1.47. The van der Waals surface area contributed by atoms with E-state index in [0.717, 1.165) is 0 Å². The second-order valence-corrected chi connectivity index (χ2v) is 8.81. The smallest absolute Gasteiger partial charge is 0.330 e. The number of carbonyl (C=O) groups excluding carboxylic acids is 2. The van der Waals surface area contributed by atoms with Gasteiger partial charge in [-0.15, -0.1) is 16.9 Å². The van der Waals surface area contributed by atoms with Crippen molar-refractivity contribution in [2.24, 2.45) is 7.05 Å². The highest BCUT2D eigenvalue weighted by Gasteiger charge is 2.56. The van der Waals surface area contributed by atoms with Crippen LogP contribution in [0.1, 0.15) is 11.7 Å². The fourth-order valence-corrected chi connectivity index (χ4v) is 5.52. The van der Waals surface area contributed by atoms with Gasteiger partial charge in [0, 0.05) is 12.8 Å². The Labute approximate surface area is 184 Å². The number of thioether (sulfide) groups is 2. The fraction of sp³-hybridized carbons (Fsp3) is 0.333. The molecule has 13 heteroatoms. The van der Waals surface area contributed by atoms with Crippen molar-refractivity contribution in [3.05, 3.63) is 46.9 Å². The van der Waals surface area contributed by atoms with E-state index in [2.05, 4.69) is 20.8 Å². The third-order valence-electron chi connectivity index (χ3n) is 4.91. The van der Waals surface area contributed by atoms with Crippen molar-refractivity contribution in [1.29, 1.82) is 0 Å². The number of carboxylic acids is 1. The van der Waals surface area contributed by atoms with Crippen molar-refractivity contribution in [3.8, 4) is 0 Å². The van der Waals surface area contributed by atoms with Crippen molar-refractivity contribution in [2.75, 3.05) is 5.75 Å². The Hall–Kier alpha value is -2.90. The third-order valence-corrected chi connectivity index (χ3v) is 7.21. The van der Waals surface area contributed by atoms with Crippen LogP contribution in [0.2, 0.25) is 0 Å². The number of aryl methyl sites for hydroxylation is 1. The molecule has 2 amide bonds. The quantitative estimate of drug-likeness (QED) is 0.372. The number of fused-ring (bicyclic) bond motifs is 1. The van der Waals surface area contributed by atoms with Gasteiger partial charge < -0.3 is 20.4 Å². The number of nitrogens with one attached hydrogen (secondary N) is 1. The molecule has 0 bridgehead atoms. The van der Waals surface area contributed by atoms with Gasteiger partial charge in [-0.2, -0.15) is 0 Å². The summed E-state index contributed by atoms with van der Waals surface area (Å²) in [6.07, 6.45) is -1.42. The Morgan fingerprint density at radius 2 is 2.06 bits per heavy atom. The summed E-state index contributed by atoms with van der Waals surface area (Å²) in [5, 5.41) is 35.3. The van der Waals surface area contributed by atoms with Gasteiger partial charge in [-0.25, -0.2) is 9.48 Å². The average Bonchev–Trinajstić information content (AvgIpc) is 3.19. The lowest BCUT2D eigenvalue weighted by Crippen LogP contribution is -2.74. The number of hydrogen-bond acceptors (Lipinski definition) is 9. The number of tetrazole rings is 1. The number of hydrogen-bond donors (Lipinski definition) is 3. The number of benzene rings is 1. The van der Waals surface area contributed by atoms with Crippen LogP contribution in [0.15, 0.2) is 46.5 Å². The summed E-state index contributed by atoms with van der Waals surface area (Å²) in [5.74, 6) is -2.08. The second-order valence-electron chi connectivity index (χ2n) is 6.88. The Balaban J connectivity index is 1.45. The zero-order chi connectivity index (χ0) is 22.1. The molecule has 162 valence electrons. The summed E-state index contributed by atoms with van der Waals surface area (Å²) in [7, 11) is 1.67. The van der Waals surface area contributed by atoms with Gasteiger partial charge in [0.1, 0.15) is 11.4 Å². The maximum atomic E-state index is 12.7. The fourth-order valence-electron chi connectivity index (χ4n) is 3.34. The van der Waals surface area contributed by atoms with Crippen molar-refractivity contribution in [3.63, 3.8) is 0 Å². The summed E-state index contributed by atoms with van der Waals surface area (Å²) in [4.78, 5) is 38.3. The first-order valence-corrected chi connectivity index (χ1v) is 11.1. The summed E-state index contributed by atoms with van der Waals surface area (Å²) in [6.45, 7) is 0. The van der Waals surface area contributed by atoms with Crippen LogP contribution in [-0.4, -0.2) is 76.3 Å². The second kappa shape index (κ2) is 8.69. The van der Waals surface area contributed by atoms with Crippen molar-refractivity contribution in [2.45, 2.75) is 28.7 Å². The van der Waals surface area contributed by atoms with E-state index in [4.69, 9.17) is 0 Å². The molecule has 1 fully saturated rings. The SMILES string of the molecule is Cn1nnnc1SCC1=CS[C@@H]2[C@H](NC(=O)[C@H](O)c3ccccc3)C(=O)N2C1C(=O)O. The van der Waals surface area contributed by atoms with Gasteiger partial charge in [0.05, 0.1) is 0 Å². The van der Waals surface area contributed by atoms with Gasteiger partial charge in [0.25, 0.3) is 5.91 Å². The molecule has 0 spiro atoms. The molecule has 1 aromatic carbocycles. The molecule has 1 saturated heterocycles. The largest absolute Gasteiger partial charge is 0.479 e. The maximum Gasteiger partial charge on any atom is 0.330 e. The first kappa shape index (κ1) is 21.3. The van der Waals surface area contributed by atoms with E-state index < -0.39 is 41.3 Å². The molecule has 0 aliphatic carbocycles. The van der Waals surface area contributed by atoms with E-state index in [9.17, 15) is 24.6 Å². The van der Waals surface area contributed by atoms with E-state index in [1.165, 1.54) is 33.1 Å².